The van der Waals surface area contributed by atoms with Crippen LogP contribution < -0.4 is 11.1 Å². The normalized spacial score (nSPS) is 11.7. The van der Waals surface area contributed by atoms with E-state index in [-0.39, 0.29) is 5.54 Å². The van der Waals surface area contributed by atoms with Crippen LogP contribution in [0.5, 0.6) is 0 Å². The molecule has 0 aliphatic heterocycles. The third kappa shape index (κ3) is 4.96. The first-order valence-corrected chi connectivity index (χ1v) is 5.53. The molecular formula is C13H22N2. The Morgan fingerprint density at radius 2 is 1.93 bits per heavy atom. The van der Waals surface area contributed by atoms with Gasteiger partial charge < -0.3 is 11.1 Å². The fourth-order valence-electron chi connectivity index (χ4n) is 1.44. The summed E-state index contributed by atoms with van der Waals surface area (Å²) >= 11 is 0. The Balaban J connectivity index is 2.30. The molecule has 2 nitrogen and oxygen atoms in total. The highest BCUT2D eigenvalue weighted by Gasteiger charge is 2.08. The van der Waals surface area contributed by atoms with Gasteiger partial charge in [0.2, 0.25) is 0 Å². The molecule has 1 aromatic carbocycles. The van der Waals surface area contributed by atoms with Gasteiger partial charge in [0.25, 0.3) is 0 Å². The lowest BCUT2D eigenvalue weighted by atomic mass is 10.0. The molecule has 3 N–H and O–H groups in total. The first kappa shape index (κ1) is 12.2. The zero-order valence-electron chi connectivity index (χ0n) is 10.0. The van der Waals surface area contributed by atoms with E-state index < -0.39 is 0 Å². The van der Waals surface area contributed by atoms with Crippen molar-refractivity contribution in [3.63, 3.8) is 0 Å². The Morgan fingerprint density at radius 1 is 1.27 bits per heavy atom. The van der Waals surface area contributed by atoms with Gasteiger partial charge in [-0.15, -0.1) is 0 Å². The van der Waals surface area contributed by atoms with Gasteiger partial charge >= 0.3 is 0 Å². The first-order chi connectivity index (χ1) is 6.99. The third-order valence-corrected chi connectivity index (χ3v) is 2.52. The van der Waals surface area contributed by atoms with Crippen LogP contribution in [0.2, 0.25) is 0 Å². The van der Waals surface area contributed by atoms with Crippen LogP contribution in [0, 0.1) is 6.92 Å². The Kier molecular flexibility index (Phi) is 4.30. The van der Waals surface area contributed by atoms with Crippen molar-refractivity contribution in [2.24, 2.45) is 5.73 Å². The van der Waals surface area contributed by atoms with Crippen molar-refractivity contribution in [3.05, 3.63) is 35.4 Å². The van der Waals surface area contributed by atoms with Gasteiger partial charge in [-0.25, -0.2) is 0 Å². The van der Waals surface area contributed by atoms with E-state index in [2.05, 4.69) is 50.4 Å². The van der Waals surface area contributed by atoms with Gasteiger partial charge in [0.1, 0.15) is 0 Å². The molecule has 15 heavy (non-hydrogen) atoms. The Hall–Kier alpha value is -0.860. The summed E-state index contributed by atoms with van der Waals surface area (Å²) in [5, 5.41) is 3.42. The first-order valence-electron chi connectivity index (χ1n) is 5.53. The number of hydrogen-bond donors (Lipinski definition) is 2. The van der Waals surface area contributed by atoms with Gasteiger partial charge in [-0.05, 0) is 44.9 Å². The lowest BCUT2D eigenvalue weighted by Gasteiger charge is -2.18. The maximum absolute atomic E-state index is 5.90. The number of rotatable bonds is 5. The molecule has 0 heterocycles. The van der Waals surface area contributed by atoms with Crippen LogP contribution in [0.25, 0.3) is 0 Å². The second-order valence-corrected chi connectivity index (χ2v) is 4.84. The van der Waals surface area contributed by atoms with Gasteiger partial charge in [0, 0.05) is 12.1 Å². The van der Waals surface area contributed by atoms with E-state index in [1.54, 1.807) is 0 Å². The van der Waals surface area contributed by atoms with Crippen molar-refractivity contribution in [1.29, 1.82) is 0 Å². The van der Waals surface area contributed by atoms with Gasteiger partial charge in [-0.2, -0.15) is 0 Å². The highest BCUT2D eigenvalue weighted by Crippen LogP contribution is 2.06. The smallest absolute Gasteiger partial charge is 0.0208 e. The largest absolute Gasteiger partial charge is 0.326 e. The molecule has 1 rings (SSSR count). The molecule has 0 unspecified atom stereocenters. The SMILES string of the molecule is Cc1ccccc1CNCCC(C)(C)N. The van der Waals surface area contributed by atoms with Gasteiger partial charge in [-0.1, -0.05) is 24.3 Å². The molecule has 84 valence electrons. The number of nitrogens with two attached hydrogens (primary N) is 1. The highest BCUT2D eigenvalue weighted by molar-refractivity contribution is 5.25. The molecule has 0 atom stereocenters. The molecule has 0 aromatic heterocycles. The summed E-state index contributed by atoms with van der Waals surface area (Å²) in [5.41, 5.74) is 8.55. The molecule has 0 amide bonds. The Labute approximate surface area is 92.9 Å². The summed E-state index contributed by atoms with van der Waals surface area (Å²) in [6, 6.07) is 8.46. The van der Waals surface area contributed by atoms with E-state index in [4.69, 9.17) is 5.73 Å². The van der Waals surface area contributed by atoms with Gasteiger partial charge in [-0.3, -0.25) is 0 Å². The second-order valence-electron chi connectivity index (χ2n) is 4.84. The van der Waals surface area contributed by atoms with Crippen LogP contribution in [-0.4, -0.2) is 12.1 Å². The minimum Gasteiger partial charge on any atom is -0.326 e. The molecular weight excluding hydrogens is 184 g/mol. The zero-order chi connectivity index (χ0) is 11.3. The molecule has 0 aliphatic carbocycles. The summed E-state index contributed by atoms with van der Waals surface area (Å²) in [7, 11) is 0. The fourth-order valence-corrected chi connectivity index (χ4v) is 1.44. The van der Waals surface area contributed by atoms with E-state index in [0.29, 0.717) is 0 Å². The van der Waals surface area contributed by atoms with Crippen molar-refractivity contribution in [2.45, 2.75) is 39.3 Å². The number of nitrogens with one attached hydrogen (secondary N) is 1. The number of benzene rings is 1. The molecule has 1 aromatic rings. The van der Waals surface area contributed by atoms with Crippen molar-refractivity contribution < 1.29 is 0 Å². The van der Waals surface area contributed by atoms with E-state index >= 15 is 0 Å². The van der Waals surface area contributed by atoms with Crippen LogP contribution in [0.15, 0.2) is 24.3 Å². The monoisotopic (exact) mass is 206 g/mol. The van der Waals surface area contributed by atoms with E-state index in [0.717, 1.165) is 19.5 Å². The molecule has 0 saturated carbocycles. The summed E-state index contributed by atoms with van der Waals surface area (Å²) < 4.78 is 0. The quantitative estimate of drug-likeness (QED) is 0.725. The third-order valence-electron chi connectivity index (χ3n) is 2.52. The topological polar surface area (TPSA) is 38.0 Å². The molecule has 0 bridgehead atoms. The van der Waals surface area contributed by atoms with Gasteiger partial charge in [0.05, 0.1) is 0 Å². The lowest BCUT2D eigenvalue weighted by molar-refractivity contribution is 0.455. The maximum Gasteiger partial charge on any atom is 0.0208 e. The average molecular weight is 206 g/mol. The molecule has 0 fully saturated rings. The molecule has 0 spiro atoms. The molecule has 0 saturated heterocycles. The van der Waals surface area contributed by atoms with Crippen LogP contribution >= 0.6 is 0 Å². The number of aryl methyl sites for hydroxylation is 1. The van der Waals surface area contributed by atoms with Crippen LogP contribution in [0.4, 0.5) is 0 Å². The zero-order valence-corrected chi connectivity index (χ0v) is 10.0. The average Bonchev–Trinajstić information content (AvgIpc) is 2.13. The highest BCUT2D eigenvalue weighted by atomic mass is 14.9. The van der Waals surface area contributed by atoms with Crippen molar-refractivity contribution in [2.75, 3.05) is 6.54 Å². The summed E-state index contributed by atoms with van der Waals surface area (Å²) in [6.07, 6.45) is 0.999. The van der Waals surface area contributed by atoms with Crippen LogP contribution in [0.1, 0.15) is 31.4 Å². The standard InChI is InChI=1S/C13H22N2/c1-11-6-4-5-7-12(11)10-15-9-8-13(2,3)14/h4-7,15H,8-10,14H2,1-3H3. The summed E-state index contributed by atoms with van der Waals surface area (Å²) in [4.78, 5) is 0. The van der Waals surface area contributed by atoms with Gasteiger partial charge in [0.15, 0.2) is 0 Å². The fraction of sp³-hybridized carbons (Fsp3) is 0.538. The maximum atomic E-state index is 5.90. The lowest BCUT2D eigenvalue weighted by Crippen LogP contribution is -2.35. The Bertz CT molecular complexity index is 300. The minimum absolute atomic E-state index is 0.0707. The molecule has 0 aliphatic rings. The molecule has 0 radical (unpaired) electrons. The van der Waals surface area contributed by atoms with E-state index in [1.807, 2.05) is 0 Å². The van der Waals surface area contributed by atoms with Crippen molar-refractivity contribution in [3.8, 4) is 0 Å². The van der Waals surface area contributed by atoms with E-state index in [9.17, 15) is 0 Å². The number of hydrogen-bond acceptors (Lipinski definition) is 2. The summed E-state index contributed by atoms with van der Waals surface area (Å²) in [6.45, 7) is 8.16. The summed E-state index contributed by atoms with van der Waals surface area (Å²) in [5.74, 6) is 0. The predicted molar refractivity (Wildman–Crippen MR) is 65.8 cm³/mol. The van der Waals surface area contributed by atoms with E-state index in [1.165, 1.54) is 11.1 Å². The predicted octanol–water partition coefficient (Wildman–Crippen LogP) is 2.21. The van der Waals surface area contributed by atoms with Crippen molar-refractivity contribution in [1.82, 2.24) is 5.32 Å². The van der Waals surface area contributed by atoms with Crippen LogP contribution in [-0.2, 0) is 6.54 Å². The molecule has 2 heteroatoms. The minimum atomic E-state index is -0.0707. The second kappa shape index (κ2) is 5.29. The Morgan fingerprint density at radius 3 is 2.53 bits per heavy atom. The van der Waals surface area contributed by atoms with Crippen LogP contribution in [0.3, 0.4) is 0 Å². The van der Waals surface area contributed by atoms with Crippen molar-refractivity contribution >= 4 is 0 Å².